The van der Waals surface area contributed by atoms with Crippen LogP contribution in [0.4, 0.5) is 0 Å². The predicted molar refractivity (Wildman–Crippen MR) is 108 cm³/mol. The van der Waals surface area contributed by atoms with E-state index in [4.69, 9.17) is 0 Å². The lowest BCUT2D eigenvalue weighted by atomic mass is 9.86. The van der Waals surface area contributed by atoms with Gasteiger partial charge in [-0.25, -0.2) is 5.53 Å². The van der Waals surface area contributed by atoms with Gasteiger partial charge in [0.25, 0.3) is 0 Å². The molecule has 0 radical (unpaired) electrons. The normalized spacial score (nSPS) is 15.0. The average Bonchev–Trinajstić information content (AvgIpc) is 3.18. The summed E-state index contributed by atoms with van der Waals surface area (Å²) in [5, 5.41) is 10.3. The highest BCUT2D eigenvalue weighted by Gasteiger charge is 2.34. The molecule has 0 atom stereocenters. The maximum absolute atomic E-state index is 4.08. The van der Waals surface area contributed by atoms with Gasteiger partial charge in [-0.1, -0.05) is 109 Å². The minimum Gasteiger partial charge on any atom is -0.219 e. The van der Waals surface area contributed by atoms with E-state index < -0.39 is 0 Å². The molecule has 1 aliphatic rings. The highest BCUT2D eigenvalue weighted by Crippen LogP contribution is 2.30. The van der Waals surface area contributed by atoms with Crippen molar-refractivity contribution >= 4 is 0 Å². The first-order valence-corrected chi connectivity index (χ1v) is 11.2. The Morgan fingerprint density at radius 1 is 0.720 bits per heavy atom. The zero-order valence-corrected chi connectivity index (χ0v) is 17.4. The summed E-state index contributed by atoms with van der Waals surface area (Å²) in [5.74, 6) is 0. The molecule has 0 saturated heterocycles. The van der Waals surface area contributed by atoms with Gasteiger partial charge in [-0.3, -0.25) is 0 Å². The van der Waals surface area contributed by atoms with Gasteiger partial charge in [-0.2, -0.15) is 10.1 Å². The van der Waals surface area contributed by atoms with Gasteiger partial charge in [0.05, 0.1) is 0 Å². The smallest absolute Gasteiger partial charge is 0.134 e. The number of hydrogen-bond acceptors (Lipinski definition) is 4. The van der Waals surface area contributed by atoms with Crippen molar-refractivity contribution in [2.45, 2.75) is 129 Å². The van der Waals surface area contributed by atoms with Crippen LogP contribution in [0.5, 0.6) is 0 Å². The maximum Gasteiger partial charge on any atom is 0.134 e. The first-order chi connectivity index (χ1) is 12.3. The Balaban J connectivity index is 1.95. The molecule has 0 spiro atoms. The minimum atomic E-state index is 0.237. The maximum atomic E-state index is 4.08. The van der Waals surface area contributed by atoms with Gasteiger partial charge >= 0.3 is 0 Å². The first kappa shape index (κ1) is 22.4. The van der Waals surface area contributed by atoms with Crippen LogP contribution in [0.3, 0.4) is 0 Å². The van der Waals surface area contributed by atoms with Crippen molar-refractivity contribution in [2.24, 2.45) is 10.3 Å². The van der Waals surface area contributed by atoms with Crippen LogP contribution in [0.1, 0.15) is 124 Å². The van der Waals surface area contributed by atoms with E-state index in [1.54, 1.807) is 0 Å². The Kier molecular flexibility index (Phi) is 13.0. The Morgan fingerprint density at radius 2 is 1.20 bits per heavy atom. The zero-order valence-electron chi connectivity index (χ0n) is 17.4. The molecule has 0 saturated carbocycles. The van der Waals surface area contributed by atoms with Gasteiger partial charge in [-0.15, -0.1) is 0 Å². The van der Waals surface area contributed by atoms with Crippen molar-refractivity contribution in [1.29, 1.82) is 0 Å². The third-order valence-electron chi connectivity index (χ3n) is 6.08. The van der Waals surface area contributed by atoms with Crippen molar-refractivity contribution in [3.8, 4) is 0 Å². The zero-order chi connectivity index (χ0) is 18.2. The summed E-state index contributed by atoms with van der Waals surface area (Å²) in [6, 6.07) is 0. The van der Waals surface area contributed by atoms with E-state index in [2.05, 4.69) is 41.7 Å². The molecule has 0 aliphatic carbocycles. The Morgan fingerprint density at radius 3 is 1.60 bits per heavy atom. The molecule has 1 aliphatic heterocycles. The predicted octanol–water partition coefficient (Wildman–Crippen LogP) is 7.17. The highest BCUT2D eigenvalue weighted by molar-refractivity contribution is 4.86. The highest BCUT2D eigenvalue weighted by atomic mass is 15.8. The standard InChI is InChI=1S/C21H44N4/c1-4-7-8-9-10-11-12-13-14-15-16-17-18-19-21(5-2,6-3)25-20-22-23-24-25/h4-20H2,1-3H3,(H,22,24). The largest absolute Gasteiger partial charge is 0.219 e. The lowest BCUT2D eigenvalue weighted by Crippen LogP contribution is -2.51. The molecule has 0 fully saturated rings. The van der Waals surface area contributed by atoms with E-state index in [0.717, 1.165) is 0 Å². The van der Waals surface area contributed by atoms with Gasteiger partial charge in [0.1, 0.15) is 6.67 Å². The molecule has 1 rings (SSSR count). The monoisotopic (exact) mass is 352 g/mol. The van der Waals surface area contributed by atoms with Crippen LogP contribution < -0.4 is 5.53 Å². The van der Waals surface area contributed by atoms with Gasteiger partial charge in [-0.05, 0) is 19.3 Å². The number of nitrogens with zero attached hydrogens (tertiary/aromatic N) is 3. The molecule has 0 aromatic carbocycles. The van der Waals surface area contributed by atoms with Gasteiger partial charge < -0.3 is 0 Å². The van der Waals surface area contributed by atoms with Crippen LogP contribution in [0, 0.1) is 0 Å². The fourth-order valence-electron chi connectivity index (χ4n) is 4.06. The van der Waals surface area contributed by atoms with Crippen molar-refractivity contribution in [3.63, 3.8) is 0 Å². The summed E-state index contributed by atoms with van der Waals surface area (Å²) in [6.07, 6.45) is 22.1. The van der Waals surface area contributed by atoms with Crippen molar-refractivity contribution in [3.05, 3.63) is 0 Å². The third-order valence-corrected chi connectivity index (χ3v) is 6.08. The molecule has 0 bridgehead atoms. The minimum absolute atomic E-state index is 0.237. The molecule has 1 heterocycles. The summed E-state index contributed by atoms with van der Waals surface area (Å²) >= 11 is 0. The lowest BCUT2D eigenvalue weighted by Gasteiger charge is -2.39. The third kappa shape index (κ3) is 9.03. The van der Waals surface area contributed by atoms with E-state index in [1.807, 2.05) is 0 Å². The fraction of sp³-hybridized carbons (Fsp3) is 1.00. The second kappa shape index (κ2) is 14.5. The van der Waals surface area contributed by atoms with Crippen molar-refractivity contribution in [2.75, 3.05) is 6.67 Å². The second-order valence-corrected chi connectivity index (χ2v) is 7.83. The van der Waals surface area contributed by atoms with E-state index in [1.165, 1.54) is 103 Å². The van der Waals surface area contributed by atoms with Gasteiger partial charge in [0.2, 0.25) is 0 Å². The van der Waals surface area contributed by atoms with Crippen LogP contribution in [0.15, 0.2) is 10.3 Å². The fourth-order valence-corrected chi connectivity index (χ4v) is 4.06. The number of hydrogen-bond donors (Lipinski definition) is 1. The Hall–Kier alpha value is -0.640. The molecular formula is C21H44N4. The average molecular weight is 353 g/mol. The van der Waals surface area contributed by atoms with Crippen LogP contribution in [0.2, 0.25) is 0 Å². The number of nitrogens with one attached hydrogen (secondary N) is 1. The van der Waals surface area contributed by atoms with E-state index in [9.17, 15) is 0 Å². The first-order valence-electron chi connectivity index (χ1n) is 11.2. The summed E-state index contributed by atoms with van der Waals surface area (Å²) in [5.41, 5.74) is 3.33. The van der Waals surface area contributed by atoms with E-state index >= 15 is 0 Å². The van der Waals surface area contributed by atoms with Crippen LogP contribution >= 0.6 is 0 Å². The topological polar surface area (TPSA) is 40.0 Å². The second-order valence-electron chi connectivity index (χ2n) is 7.83. The molecule has 0 unspecified atom stereocenters. The molecule has 0 amide bonds. The number of rotatable bonds is 17. The molecule has 0 aromatic rings. The van der Waals surface area contributed by atoms with Gasteiger partial charge in [0.15, 0.2) is 0 Å². The number of unbranched alkanes of at least 4 members (excludes halogenated alkanes) is 12. The SMILES string of the molecule is CCCCCCCCCCCCCCCC(CC)(CC)N1CN=NN1. The molecule has 1 N–H and O–H groups in total. The van der Waals surface area contributed by atoms with Crippen LogP contribution in [0.25, 0.3) is 0 Å². The molecule has 148 valence electrons. The Labute approximate surface area is 157 Å². The van der Waals surface area contributed by atoms with E-state index in [0.29, 0.717) is 6.67 Å². The summed E-state index contributed by atoms with van der Waals surface area (Å²) in [7, 11) is 0. The summed E-state index contributed by atoms with van der Waals surface area (Å²) in [4.78, 5) is 0. The van der Waals surface area contributed by atoms with Gasteiger partial charge in [0, 0.05) is 5.54 Å². The molecule has 25 heavy (non-hydrogen) atoms. The molecule has 4 heteroatoms. The Bertz CT molecular complexity index is 318. The van der Waals surface area contributed by atoms with E-state index in [-0.39, 0.29) is 5.54 Å². The van der Waals surface area contributed by atoms with Crippen molar-refractivity contribution in [1.82, 2.24) is 10.5 Å². The lowest BCUT2D eigenvalue weighted by molar-refractivity contribution is 0.0399. The summed E-state index contributed by atoms with van der Waals surface area (Å²) < 4.78 is 0. The van der Waals surface area contributed by atoms with Crippen molar-refractivity contribution < 1.29 is 0 Å². The quantitative estimate of drug-likeness (QED) is 0.282. The molecule has 4 nitrogen and oxygen atoms in total. The molecular weight excluding hydrogens is 308 g/mol. The van der Waals surface area contributed by atoms with Crippen LogP contribution in [-0.4, -0.2) is 17.2 Å². The molecule has 0 aromatic heterocycles. The summed E-state index contributed by atoms with van der Waals surface area (Å²) in [6.45, 7) is 7.59. The number of hydrazine groups is 1. The van der Waals surface area contributed by atoms with Crippen LogP contribution in [-0.2, 0) is 0 Å².